The van der Waals surface area contributed by atoms with E-state index in [2.05, 4.69) is 18.2 Å². The van der Waals surface area contributed by atoms with Gasteiger partial charge >= 0.3 is 5.97 Å². The van der Waals surface area contributed by atoms with Crippen LogP contribution in [0, 0.1) is 0 Å². The van der Waals surface area contributed by atoms with Gasteiger partial charge in [0, 0.05) is 12.5 Å². The van der Waals surface area contributed by atoms with E-state index in [9.17, 15) is 9.59 Å². The van der Waals surface area contributed by atoms with Crippen molar-refractivity contribution in [2.24, 2.45) is 4.99 Å². The number of carbonyl (C=O) groups excluding carboxylic acids is 1. The van der Waals surface area contributed by atoms with Gasteiger partial charge in [-0.15, -0.1) is 0 Å². The van der Waals surface area contributed by atoms with Crippen LogP contribution in [0.4, 0.5) is 0 Å². The second-order valence-corrected chi connectivity index (χ2v) is 10.1. The lowest BCUT2D eigenvalue weighted by Gasteiger charge is -2.30. The van der Waals surface area contributed by atoms with Crippen molar-refractivity contribution in [2.45, 2.75) is 25.8 Å². The lowest BCUT2D eigenvalue weighted by molar-refractivity contribution is -0.131. The van der Waals surface area contributed by atoms with Gasteiger partial charge in [-0.2, -0.15) is 0 Å². The molecule has 1 aliphatic carbocycles. The smallest absolute Gasteiger partial charge is 0.308 e. The van der Waals surface area contributed by atoms with Gasteiger partial charge in [0.15, 0.2) is 4.80 Å². The first-order valence-electron chi connectivity index (χ1n) is 12.1. The first-order valence-corrected chi connectivity index (χ1v) is 12.9. The third-order valence-electron chi connectivity index (χ3n) is 6.74. The Kier molecular flexibility index (Phi) is 5.85. The molecule has 0 saturated carbocycles. The molecule has 184 valence electrons. The second-order valence-electron chi connectivity index (χ2n) is 9.05. The lowest BCUT2D eigenvalue weighted by Crippen LogP contribution is -2.38. The molecule has 1 aromatic heterocycles. The molecular formula is C30H24N2O4S. The van der Waals surface area contributed by atoms with Crippen LogP contribution >= 0.6 is 11.3 Å². The van der Waals surface area contributed by atoms with Crippen molar-refractivity contribution in [3.63, 3.8) is 0 Å². The summed E-state index contributed by atoms with van der Waals surface area (Å²) in [6, 6.07) is 23.2. The van der Waals surface area contributed by atoms with E-state index in [1.807, 2.05) is 53.1 Å². The van der Waals surface area contributed by atoms with Crippen LogP contribution in [0.3, 0.4) is 0 Å². The average molecular weight is 509 g/mol. The number of rotatable bonds is 4. The summed E-state index contributed by atoms with van der Waals surface area (Å²) in [4.78, 5) is 30.8. The number of hydrogen-bond acceptors (Lipinski definition) is 6. The molecule has 0 spiro atoms. The van der Waals surface area contributed by atoms with E-state index in [1.54, 1.807) is 19.2 Å². The van der Waals surface area contributed by atoms with E-state index in [1.165, 1.54) is 23.8 Å². The number of thiazole rings is 1. The second kappa shape index (κ2) is 9.33. The Labute approximate surface area is 217 Å². The zero-order valence-electron chi connectivity index (χ0n) is 20.4. The van der Waals surface area contributed by atoms with E-state index >= 15 is 0 Å². The molecule has 7 heteroatoms. The van der Waals surface area contributed by atoms with Crippen molar-refractivity contribution in [3.05, 3.63) is 120 Å². The van der Waals surface area contributed by atoms with Crippen LogP contribution in [-0.2, 0) is 11.2 Å². The van der Waals surface area contributed by atoms with Gasteiger partial charge in [0.25, 0.3) is 5.56 Å². The minimum atomic E-state index is -0.370. The molecule has 0 fully saturated rings. The normalized spacial score (nSPS) is 16.4. The summed E-state index contributed by atoms with van der Waals surface area (Å²) >= 11 is 1.39. The highest BCUT2D eigenvalue weighted by Crippen LogP contribution is 2.41. The standard InChI is InChI=1S/C30H24N2O4S/c1-18(33)36-23-12-7-19(8-13-23)17-26-29(34)32-28(21-9-14-22(35-2)15-10-21)25-16-11-20-5-3-4-6-24(20)27(25)31-30(32)37-26/h3-10,12-15,17,28H,11,16H2,1-2H3/b26-17-/t28-/m0/s1. The summed E-state index contributed by atoms with van der Waals surface area (Å²) in [5.74, 6) is 0.874. The Balaban J connectivity index is 1.53. The molecule has 6 rings (SSSR count). The number of carbonyl (C=O) groups is 1. The fraction of sp³-hybridized carbons (Fsp3) is 0.167. The zero-order chi connectivity index (χ0) is 25.5. The van der Waals surface area contributed by atoms with Crippen LogP contribution in [0.25, 0.3) is 11.8 Å². The molecule has 2 aliphatic rings. The molecule has 2 heterocycles. The molecule has 4 aromatic rings. The minimum Gasteiger partial charge on any atom is -0.497 e. The number of aromatic nitrogens is 1. The maximum absolute atomic E-state index is 13.8. The number of fused-ring (bicyclic) bond motifs is 3. The molecule has 1 aliphatic heterocycles. The minimum absolute atomic E-state index is 0.0703. The summed E-state index contributed by atoms with van der Waals surface area (Å²) in [5.41, 5.74) is 6.36. The van der Waals surface area contributed by atoms with Crippen molar-refractivity contribution < 1.29 is 14.3 Å². The van der Waals surface area contributed by atoms with Crippen molar-refractivity contribution >= 4 is 29.1 Å². The van der Waals surface area contributed by atoms with Crippen LogP contribution in [0.5, 0.6) is 11.5 Å². The van der Waals surface area contributed by atoms with Crippen LogP contribution in [-0.4, -0.2) is 17.6 Å². The Morgan fingerprint density at radius 1 is 1.00 bits per heavy atom. The first kappa shape index (κ1) is 23.2. The highest BCUT2D eigenvalue weighted by Gasteiger charge is 2.32. The quantitative estimate of drug-likeness (QED) is 0.305. The van der Waals surface area contributed by atoms with Crippen LogP contribution < -0.4 is 24.4 Å². The molecule has 0 N–H and O–H groups in total. The number of esters is 1. The van der Waals surface area contributed by atoms with Crippen molar-refractivity contribution in [3.8, 4) is 11.5 Å². The van der Waals surface area contributed by atoms with Gasteiger partial charge in [-0.1, -0.05) is 59.9 Å². The third-order valence-corrected chi connectivity index (χ3v) is 7.73. The Morgan fingerprint density at radius 2 is 1.73 bits per heavy atom. The van der Waals surface area contributed by atoms with Crippen LogP contribution in [0.2, 0.25) is 0 Å². The topological polar surface area (TPSA) is 69.9 Å². The Bertz CT molecular complexity index is 1730. The zero-order valence-corrected chi connectivity index (χ0v) is 21.2. The van der Waals surface area contributed by atoms with Crippen molar-refractivity contribution in [2.75, 3.05) is 7.11 Å². The fourth-order valence-electron chi connectivity index (χ4n) is 5.06. The Hall–Kier alpha value is -4.23. The maximum atomic E-state index is 13.8. The molecule has 0 unspecified atom stereocenters. The number of allylic oxidation sites excluding steroid dienone is 1. The van der Waals surface area contributed by atoms with Gasteiger partial charge in [0.2, 0.25) is 0 Å². The van der Waals surface area contributed by atoms with Crippen molar-refractivity contribution in [1.82, 2.24) is 4.57 Å². The molecule has 37 heavy (non-hydrogen) atoms. The van der Waals surface area contributed by atoms with Crippen molar-refractivity contribution in [1.29, 1.82) is 0 Å². The molecule has 6 nitrogen and oxygen atoms in total. The van der Waals surface area contributed by atoms with E-state index in [0.717, 1.165) is 46.6 Å². The van der Waals surface area contributed by atoms with Crippen LogP contribution in [0.1, 0.15) is 41.6 Å². The van der Waals surface area contributed by atoms with E-state index in [-0.39, 0.29) is 17.6 Å². The summed E-state index contributed by atoms with van der Waals surface area (Å²) in [7, 11) is 1.65. The molecule has 0 amide bonds. The van der Waals surface area contributed by atoms with E-state index < -0.39 is 0 Å². The largest absolute Gasteiger partial charge is 0.497 e. The predicted molar refractivity (Wildman–Crippen MR) is 143 cm³/mol. The monoisotopic (exact) mass is 508 g/mol. The number of hydrogen-bond donors (Lipinski definition) is 0. The fourth-order valence-corrected chi connectivity index (χ4v) is 6.06. The lowest BCUT2D eigenvalue weighted by atomic mass is 9.83. The summed E-state index contributed by atoms with van der Waals surface area (Å²) < 4.78 is 12.9. The number of nitrogens with zero attached hydrogens (tertiary/aromatic N) is 2. The highest BCUT2D eigenvalue weighted by atomic mass is 32.1. The first-order chi connectivity index (χ1) is 18.0. The summed E-state index contributed by atoms with van der Waals surface area (Å²) in [5, 5.41) is 0. The predicted octanol–water partition coefficient (Wildman–Crippen LogP) is 4.25. The van der Waals surface area contributed by atoms with Gasteiger partial charge < -0.3 is 9.47 Å². The van der Waals surface area contributed by atoms with Crippen LogP contribution in [0.15, 0.2) is 88.2 Å². The third kappa shape index (κ3) is 4.21. The summed E-state index contributed by atoms with van der Waals surface area (Å²) in [6.07, 6.45) is 3.62. The van der Waals surface area contributed by atoms with Gasteiger partial charge in [0.05, 0.1) is 23.4 Å². The molecular weight excluding hydrogens is 484 g/mol. The van der Waals surface area contributed by atoms with E-state index in [0.29, 0.717) is 15.1 Å². The van der Waals surface area contributed by atoms with Gasteiger partial charge in [-0.25, -0.2) is 4.99 Å². The number of aryl methyl sites for hydroxylation is 1. The number of methoxy groups -OCH3 is 1. The van der Waals surface area contributed by atoms with Gasteiger partial charge in [-0.3, -0.25) is 14.2 Å². The molecule has 0 saturated heterocycles. The molecule has 3 aromatic carbocycles. The Morgan fingerprint density at radius 3 is 2.46 bits per heavy atom. The maximum Gasteiger partial charge on any atom is 0.308 e. The average Bonchev–Trinajstić information content (AvgIpc) is 3.22. The molecule has 0 bridgehead atoms. The number of ether oxygens (including phenoxy) is 2. The number of benzene rings is 3. The SMILES string of the molecule is COc1ccc([C@H]2C3=C(N=c4s/c(=C\c5ccc(OC(C)=O)cc5)c(=O)n42)c2ccccc2CC3)cc1. The van der Waals surface area contributed by atoms with E-state index in [4.69, 9.17) is 14.5 Å². The van der Waals surface area contributed by atoms with Gasteiger partial charge in [0.1, 0.15) is 11.5 Å². The summed E-state index contributed by atoms with van der Waals surface area (Å²) in [6.45, 7) is 1.37. The molecule has 1 atom stereocenters. The highest BCUT2D eigenvalue weighted by molar-refractivity contribution is 7.07. The van der Waals surface area contributed by atoms with Gasteiger partial charge in [-0.05, 0) is 65.4 Å². The molecule has 0 radical (unpaired) electrons.